The number of para-hydroxylation sites is 3. The highest BCUT2D eigenvalue weighted by molar-refractivity contribution is 6.27. The standard InChI is InChI=1S/C37H19N5O/c38-20-22-15-16-30-27(19-22)24-8-1-3-11-28(24)41(30)33-13-6-14-34(40-33)42-29-12-4-2-9-25(29)35-31(42)17-18-32-36(35)26-10-5-7-23(21-39)37(26)43-32/h1-19H. The summed E-state index contributed by atoms with van der Waals surface area (Å²) in [6.45, 7) is 0. The maximum absolute atomic E-state index is 9.72. The monoisotopic (exact) mass is 549 g/mol. The minimum absolute atomic E-state index is 0.521. The Morgan fingerprint density at radius 1 is 0.535 bits per heavy atom. The number of nitrogens with zero attached hydrogens (tertiary/aromatic N) is 5. The van der Waals surface area contributed by atoms with Crippen molar-refractivity contribution < 1.29 is 4.42 Å². The van der Waals surface area contributed by atoms with E-state index in [1.807, 2.05) is 78.9 Å². The lowest BCUT2D eigenvalue weighted by atomic mass is 10.0. The van der Waals surface area contributed by atoms with Crippen molar-refractivity contribution in [2.75, 3.05) is 0 Å². The Kier molecular flexibility index (Phi) is 4.65. The Morgan fingerprint density at radius 3 is 1.98 bits per heavy atom. The molecule has 43 heavy (non-hydrogen) atoms. The summed E-state index contributed by atoms with van der Waals surface area (Å²) >= 11 is 0. The van der Waals surface area contributed by atoms with Crippen LogP contribution in [0.2, 0.25) is 0 Å². The Morgan fingerprint density at radius 2 is 1.19 bits per heavy atom. The second-order valence-electron chi connectivity index (χ2n) is 10.6. The minimum Gasteiger partial charge on any atom is -0.455 e. The number of nitriles is 2. The van der Waals surface area contributed by atoms with Gasteiger partial charge in [0, 0.05) is 32.3 Å². The maximum Gasteiger partial charge on any atom is 0.153 e. The molecule has 0 spiro atoms. The summed E-state index contributed by atoms with van der Waals surface area (Å²) in [5.74, 6) is 1.57. The van der Waals surface area contributed by atoms with Gasteiger partial charge in [0.2, 0.25) is 0 Å². The van der Waals surface area contributed by atoms with Crippen molar-refractivity contribution >= 4 is 65.6 Å². The van der Waals surface area contributed by atoms with Crippen LogP contribution in [-0.2, 0) is 0 Å². The van der Waals surface area contributed by atoms with Crippen molar-refractivity contribution in [3.8, 4) is 23.8 Å². The molecule has 0 aliphatic rings. The summed E-state index contributed by atoms with van der Waals surface area (Å²) in [4.78, 5) is 5.25. The molecule has 9 aromatic rings. The quantitative estimate of drug-likeness (QED) is 0.215. The van der Waals surface area contributed by atoms with E-state index in [0.717, 1.165) is 71.6 Å². The summed E-state index contributed by atoms with van der Waals surface area (Å²) in [6.07, 6.45) is 0. The third kappa shape index (κ3) is 3.12. The number of furan rings is 1. The molecular weight excluding hydrogens is 530 g/mol. The van der Waals surface area contributed by atoms with Crippen LogP contribution in [0.3, 0.4) is 0 Å². The van der Waals surface area contributed by atoms with Gasteiger partial charge in [-0.2, -0.15) is 10.5 Å². The highest BCUT2D eigenvalue weighted by atomic mass is 16.3. The molecule has 0 unspecified atom stereocenters. The van der Waals surface area contributed by atoms with Gasteiger partial charge in [0.25, 0.3) is 0 Å². The van der Waals surface area contributed by atoms with Crippen molar-refractivity contribution in [2.24, 2.45) is 0 Å². The van der Waals surface area contributed by atoms with Crippen molar-refractivity contribution in [3.05, 3.63) is 126 Å². The number of aromatic nitrogens is 3. The Balaban J connectivity index is 1.36. The molecule has 0 aliphatic carbocycles. The van der Waals surface area contributed by atoms with Crippen molar-refractivity contribution in [2.45, 2.75) is 0 Å². The van der Waals surface area contributed by atoms with Crippen LogP contribution < -0.4 is 0 Å². The third-order valence-electron chi connectivity index (χ3n) is 8.40. The van der Waals surface area contributed by atoms with Gasteiger partial charge in [0.05, 0.1) is 39.3 Å². The second kappa shape index (κ2) is 8.57. The van der Waals surface area contributed by atoms with E-state index in [1.165, 1.54) is 0 Å². The van der Waals surface area contributed by atoms with Crippen molar-refractivity contribution in [1.29, 1.82) is 10.5 Å². The van der Waals surface area contributed by atoms with E-state index in [1.54, 1.807) is 6.07 Å². The normalized spacial score (nSPS) is 11.7. The molecule has 0 radical (unpaired) electrons. The molecule has 4 heterocycles. The zero-order valence-corrected chi connectivity index (χ0v) is 22.6. The molecule has 0 amide bonds. The lowest BCUT2D eigenvalue weighted by molar-refractivity contribution is 0.668. The molecule has 6 nitrogen and oxygen atoms in total. The lowest BCUT2D eigenvalue weighted by Gasteiger charge is -2.11. The number of rotatable bonds is 2. The number of hydrogen-bond acceptors (Lipinski definition) is 4. The molecule has 0 aliphatic heterocycles. The minimum atomic E-state index is 0.521. The molecule has 0 saturated carbocycles. The van der Waals surface area contributed by atoms with E-state index in [4.69, 9.17) is 9.40 Å². The highest BCUT2D eigenvalue weighted by Gasteiger charge is 2.21. The zero-order chi connectivity index (χ0) is 28.7. The van der Waals surface area contributed by atoms with Crippen molar-refractivity contribution in [3.63, 3.8) is 0 Å². The fourth-order valence-electron chi connectivity index (χ4n) is 6.63. The first-order valence-corrected chi connectivity index (χ1v) is 13.9. The summed E-state index contributed by atoms with van der Waals surface area (Å²) in [5, 5.41) is 25.4. The van der Waals surface area contributed by atoms with Gasteiger partial charge in [-0.3, -0.25) is 9.13 Å². The van der Waals surface area contributed by atoms with E-state index >= 15 is 0 Å². The first-order valence-electron chi connectivity index (χ1n) is 13.9. The molecule has 0 bridgehead atoms. The van der Waals surface area contributed by atoms with Crippen LogP contribution >= 0.6 is 0 Å². The van der Waals surface area contributed by atoms with Crippen LogP contribution in [0, 0.1) is 22.7 Å². The van der Waals surface area contributed by atoms with Gasteiger partial charge in [-0.15, -0.1) is 0 Å². The van der Waals surface area contributed by atoms with Gasteiger partial charge in [-0.25, -0.2) is 4.98 Å². The van der Waals surface area contributed by atoms with Crippen LogP contribution in [0.15, 0.2) is 120 Å². The van der Waals surface area contributed by atoms with Crippen LogP contribution in [0.5, 0.6) is 0 Å². The lowest BCUT2D eigenvalue weighted by Crippen LogP contribution is -2.03. The fraction of sp³-hybridized carbons (Fsp3) is 0. The van der Waals surface area contributed by atoms with E-state index in [9.17, 15) is 10.5 Å². The fourth-order valence-corrected chi connectivity index (χ4v) is 6.63. The predicted octanol–water partition coefficient (Wildman–Crippen LogP) is 8.92. The second-order valence-corrected chi connectivity index (χ2v) is 10.6. The third-order valence-corrected chi connectivity index (χ3v) is 8.40. The van der Waals surface area contributed by atoms with E-state index in [-0.39, 0.29) is 0 Å². The van der Waals surface area contributed by atoms with Gasteiger partial charge < -0.3 is 4.42 Å². The van der Waals surface area contributed by atoms with Crippen LogP contribution in [0.1, 0.15) is 11.1 Å². The van der Waals surface area contributed by atoms with Crippen LogP contribution in [0.4, 0.5) is 0 Å². The van der Waals surface area contributed by atoms with Gasteiger partial charge in [0.1, 0.15) is 23.3 Å². The van der Waals surface area contributed by atoms with E-state index in [2.05, 4.69) is 51.6 Å². The van der Waals surface area contributed by atoms with Gasteiger partial charge in [-0.1, -0.05) is 54.6 Å². The van der Waals surface area contributed by atoms with E-state index in [0.29, 0.717) is 16.7 Å². The largest absolute Gasteiger partial charge is 0.455 e. The molecule has 4 aromatic heterocycles. The molecule has 0 N–H and O–H groups in total. The summed E-state index contributed by atoms with van der Waals surface area (Å²) in [6, 6.07) is 42.8. The molecule has 6 heteroatoms. The molecular formula is C37H19N5O. The number of fused-ring (bicyclic) bond motifs is 10. The SMILES string of the molecule is N#Cc1ccc2c(c1)c1ccccc1n2-c1cccc(-n2c3ccccc3c3c4c(ccc32)oc2c(C#N)cccc24)n1. The van der Waals surface area contributed by atoms with Crippen LogP contribution in [0.25, 0.3) is 77.2 Å². The van der Waals surface area contributed by atoms with E-state index < -0.39 is 0 Å². The Bertz CT molecular complexity index is 2710. The summed E-state index contributed by atoms with van der Waals surface area (Å²) < 4.78 is 10.6. The predicted molar refractivity (Wildman–Crippen MR) is 170 cm³/mol. The molecule has 198 valence electrons. The van der Waals surface area contributed by atoms with Gasteiger partial charge in [-0.05, 0) is 60.7 Å². The summed E-state index contributed by atoms with van der Waals surface area (Å²) in [5.41, 5.74) is 6.56. The maximum atomic E-state index is 9.72. The average molecular weight is 550 g/mol. The summed E-state index contributed by atoms with van der Waals surface area (Å²) in [7, 11) is 0. The van der Waals surface area contributed by atoms with Gasteiger partial charge in [0.15, 0.2) is 5.58 Å². The first kappa shape index (κ1) is 23.3. The first-order chi connectivity index (χ1) is 21.2. The van der Waals surface area contributed by atoms with Crippen LogP contribution in [-0.4, -0.2) is 14.1 Å². The highest BCUT2D eigenvalue weighted by Crippen LogP contribution is 2.41. The Labute approximate surface area is 244 Å². The molecule has 0 saturated heterocycles. The Hall–Kier alpha value is -6.37. The zero-order valence-electron chi connectivity index (χ0n) is 22.6. The number of benzene rings is 5. The molecule has 9 rings (SSSR count). The topological polar surface area (TPSA) is 83.5 Å². The molecule has 5 aromatic carbocycles. The molecule has 0 fully saturated rings. The molecule has 0 atom stereocenters. The number of pyridine rings is 1. The van der Waals surface area contributed by atoms with Crippen molar-refractivity contribution in [1.82, 2.24) is 14.1 Å². The number of hydrogen-bond donors (Lipinski definition) is 0. The smallest absolute Gasteiger partial charge is 0.153 e. The van der Waals surface area contributed by atoms with Gasteiger partial charge >= 0.3 is 0 Å². The average Bonchev–Trinajstić information content (AvgIpc) is 3.72.